The molecule has 102 valence electrons. The molecule has 0 aliphatic rings. The van der Waals surface area contributed by atoms with Crippen molar-refractivity contribution in [2.45, 2.75) is 6.54 Å². The maximum Gasteiger partial charge on any atom is 0.134 e. The zero-order valence-electron chi connectivity index (χ0n) is 11.0. The predicted octanol–water partition coefficient (Wildman–Crippen LogP) is 2.81. The minimum atomic E-state index is 0.294. The van der Waals surface area contributed by atoms with Crippen molar-refractivity contribution in [1.82, 2.24) is 9.97 Å². The Hall–Kier alpha value is -2.13. The molecule has 2 aromatic rings. The van der Waals surface area contributed by atoms with Gasteiger partial charge >= 0.3 is 0 Å². The zero-order valence-corrected chi connectivity index (χ0v) is 12.6. The Morgan fingerprint density at radius 3 is 2.95 bits per heavy atom. The van der Waals surface area contributed by atoms with Crippen molar-refractivity contribution < 1.29 is 0 Å². The second-order valence-corrected chi connectivity index (χ2v) is 5.17. The minimum Gasteiger partial charge on any atom is -0.366 e. The van der Waals surface area contributed by atoms with Crippen LogP contribution in [-0.2, 0) is 6.54 Å². The predicted molar refractivity (Wildman–Crippen MR) is 82.4 cm³/mol. The van der Waals surface area contributed by atoms with Crippen molar-refractivity contribution in [3.05, 3.63) is 46.7 Å². The standard InChI is InChI=1S/C14H14BrN5/c1-20(6-5-16)14-8-13(18-10-19-14)17-9-11-3-2-4-12(15)7-11/h2-4,7-8,10H,6,9H2,1H3,(H,17,18,19). The molecule has 0 fully saturated rings. The van der Waals surface area contributed by atoms with Crippen LogP contribution in [0.3, 0.4) is 0 Å². The molecule has 0 aliphatic carbocycles. The molecule has 1 aromatic heterocycles. The highest BCUT2D eigenvalue weighted by molar-refractivity contribution is 9.10. The van der Waals surface area contributed by atoms with Crippen LogP contribution in [0.2, 0.25) is 0 Å². The van der Waals surface area contributed by atoms with Gasteiger partial charge in [-0.15, -0.1) is 0 Å². The fourth-order valence-electron chi connectivity index (χ4n) is 1.68. The van der Waals surface area contributed by atoms with Crippen LogP contribution in [-0.4, -0.2) is 23.6 Å². The molecule has 0 radical (unpaired) electrons. The second kappa shape index (κ2) is 6.87. The van der Waals surface area contributed by atoms with Gasteiger partial charge in [0.1, 0.15) is 24.5 Å². The van der Waals surface area contributed by atoms with Crippen LogP contribution in [0.15, 0.2) is 41.1 Å². The van der Waals surface area contributed by atoms with Gasteiger partial charge < -0.3 is 10.2 Å². The number of aromatic nitrogens is 2. The van der Waals surface area contributed by atoms with Crippen molar-refractivity contribution in [2.75, 3.05) is 23.8 Å². The van der Waals surface area contributed by atoms with Crippen molar-refractivity contribution in [3.8, 4) is 6.07 Å². The second-order valence-electron chi connectivity index (χ2n) is 4.26. The molecule has 20 heavy (non-hydrogen) atoms. The molecule has 0 spiro atoms. The van der Waals surface area contributed by atoms with Gasteiger partial charge in [0.25, 0.3) is 0 Å². The van der Waals surface area contributed by atoms with Crippen LogP contribution in [0, 0.1) is 11.3 Å². The number of nitriles is 1. The molecule has 0 aliphatic heterocycles. The quantitative estimate of drug-likeness (QED) is 0.853. The Bertz CT molecular complexity index is 623. The number of nitrogens with one attached hydrogen (secondary N) is 1. The lowest BCUT2D eigenvalue weighted by Gasteiger charge is -2.14. The van der Waals surface area contributed by atoms with Gasteiger partial charge in [-0.05, 0) is 17.7 Å². The topological polar surface area (TPSA) is 64.8 Å². The van der Waals surface area contributed by atoms with E-state index in [1.807, 2.05) is 31.3 Å². The maximum absolute atomic E-state index is 8.69. The average molecular weight is 332 g/mol. The summed E-state index contributed by atoms with van der Waals surface area (Å²) < 4.78 is 1.05. The van der Waals surface area contributed by atoms with E-state index in [0.717, 1.165) is 21.7 Å². The summed E-state index contributed by atoms with van der Waals surface area (Å²) in [6.45, 7) is 0.972. The third-order valence-electron chi connectivity index (χ3n) is 2.71. The Balaban J connectivity index is 2.03. The van der Waals surface area contributed by atoms with Crippen LogP contribution in [0.4, 0.5) is 11.6 Å². The lowest BCUT2D eigenvalue weighted by molar-refractivity contribution is 0.974. The lowest BCUT2D eigenvalue weighted by Crippen LogP contribution is -2.18. The lowest BCUT2D eigenvalue weighted by atomic mass is 10.2. The molecule has 0 unspecified atom stereocenters. The highest BCUT2D eigenvalue weighted by Crippen LogP contribution is 2.15. The van der Waals surface area contributed by atoms with Gasteiger partial charge in [0.15, 0.2) is 0 Å². The van der Waals surface area contributed by atoms with E-state index >= 15 is 0 Å². The Morgan fingerprint density at radius 1 is 1.35 bits per heavy atom. The first-order valence-electron chi connectivity index (χ1n) is 6.07. The van der Waals surface area contributed by atoms with Crippen molar-refractivity contribution >= 4 is 27.6 Å². The van der Waals surface area contributed by atoms with E-state index in [4.69, 9.17) is 5.26 Å². The fourth-order valence-corrected chi connectivity index (χ4v) is 2.13. The molecule has 6 heteroatoms. The molecule has 0 saturated heterocycles. The number of rotatable bonds is 5. The van der Waals surface area contributed by atoms with E-state index < -0.39 is 0 Å². The Morgan fingerprint density at radius 2 is 2.20 bits per heavy atom. The highest BCUT2D eigenvalue weighted by atomic mass is 79.9. The number of anilines is 2. The minimum absolute atomic E-state index is 0.294. The maximum atomic E-state index is 8.69. The summed E-state index contributed by atoms with van der Waals surface area (Å²) >= 11 is 3.45. The monoisotopic (exact) mass is 331 g/mol. The molecule has 1 aromatic carbocycles. The van der Waals surface area contributed by atoms with E-state index in [1.165, 1.54) is 6.33 Å². The average Bonchev–Trinajstić information content (AvgIpc) is 2.46. The summed E-state index contributed by atoms with van der Waals surface area (Å²) in [6.07, 6.45) is 1.49. The van der Waals surface area contributed by atoms with E-state index in [1.54, 1.807) is 4.90 Å². The van der Waals surface area contributed by atoms with Gasteiger partial charge in [0.2, 0.25) is 0 Å². The van der Waals surface area contributed by atoms with E-state index in [0.29, 0.717) is 13.1 Å². The molecule has 2 rings (SSSR count). The van der Waals surface area contributed by atoms with Gasteiger partial charge in [-0.3, -0.25) is 0 Å². The number of hydrogen-bond donors (Lipinski definition) is 1. The molecular weight excluding hydrogens is 318 g/mol. The first kappa shape index (κ1) is 14.3. The van der Waals surface area contributed by atoms with Crippen LogP contribution in [0.25, 0.3) is 0 Å². The molecule has 5 nitrogen and oxygen atoms in total. The van der Waals surface area contributed by atoms with E-state index in [9.17, 15) is 0 Å². The number of nitrogens with zero attached hydrogens (tertiary/aromatic N) is 4. The summed E-state index contributed by atoms with van der Waals surface area (Å²) in [6, 6.07) is 12.0. The highest BCUT2D eigenvalue weighted by Gasteiger charge is 2.03. The number of hydrogen-bond acceptors (Lipinski definition) is 5. The fraction of sp³-hybridized carbons (Fsp3) is 0.214. The largest absolute Gasteiger partial charge is 0.366 e. The smallest absolute Gasteiger partial charge is 0.134 e. The molecular formula is C14H14BrN5. The van der Waals surface area contributed by atoms with Gasteiger partial charge in [0, 0.05) is 24.1 Å². The first-order valence-corrected chi connectivity index (χ1v) is 6.87. The molecule has 0 bridgehead atoms. The van der Waals surface area contributed by atoms with Gasteiger partial charge in [-0.1, -0.05) is 28.1 Å². The normalized spacial score (nSPS) is 9.85. The SMILES string of the molecule is CN(CC#N)c1cc(NCc2cccc(Br)c2)ncn1. The van der Waals surface area contributed by atoms with Crippen molar-refractivity contribution in [3.63, 3.8) is 0 Å². The molecule has 0 atom stereocenters. The van der Waals surface area contributed by atoms with Crippen LogP contribution in [0.5, 0.6) is 0 Å². The van der Waals surface area contributed by atoms with Crippen LogP contribution < -0.4 is 10.2 Å². The van der Waals surface area contributed by atoms with Crippen LogP contribution >= 0.6 is 15.9 Å². The molecule has 0 amide bonds. The third kappa shape index (κ3) is 3.93. The molecule has 0 saturated carbocycles. The summed E-state index contributed by atoms with van der Waals surface area (Å²) in [4.78, 5) is 10.1. The first-order chi connectivity index (χ1) is 9.69. The zero-order chi connectivity index (χ0) is 14.4. The summed E-state index contributed by atoms with van der Waals surface area (Å²) in [5, 5.41) is 11.9. The third-order valence-corrected chi connectivity index (χ3v) is 3.21. The van der Waals surface area contributed by atoms with E-state index in [-0.39, 0.29) is 0 Å². The number of benzene rings is 1. The van der Waals surface area contributed by atoms with Crippen LogP contribution in [0.1, 0.15) is 5.56 Å². The Kier molecular flexibility index (Phi) is 4.91. The molecule has 1 N–H and O–H groups in total. The molecule has 1 heterocycles. The van der Waals surface area contributed by atoms with Crippen molar-refractivity contribution in [2.24, 2.45) is 0 Å². The van der Waals surface area contributed by atoms with Gasteiger partial charge in [0.05, 0.1) is 6.07 Å². The summed E-state index contributed by atoms with van der Waals surface area (Å²) in [5.74, 6) is 1.46. The number of halogens is 1. The van der Waals surface area contributed by atoms with Gasteiger partial charge in [-0.25, -0.2) is 9.97 Å². The Labute approximate surface area is 126 Å². The summed E-state index contributed by atoms with van der Waals surface area (Å²) in [5.41, 5.74) is 1.16. The summed E-state index contributed by atoms with van der Waals surface area (Å²) in [7, 11) is 1.82. The van der Waals surface area contributed by atoms with Crippen molar-refractivity contribution in [1.29, 1.82) is 5.26 Å². The van der Waals surface area contributed by atoms with Gasteiger partial charge in [-0.2, -0.15) is 5.26 Å². The van der Waals surface area contributed by atoms with E-state index in [2.05, 4.69) is 43.4 Å².